The molecule has 2 aromatic rings. The second-order valence-electron chi connectivity index (χ2n) is 6.16. The van der Waals surface area contributed by atoms with Gasteiger partial charge < -0.3 is 5.32 Å². The Labute approximate surface area is 163 Å². The van der Waals surface area contributed by atoms with Crippen molar-refractivity contribution in [1.82, 2.24) is 10.0 Å². The van der Waals surface area contributed by atoms with E-state index >= 15 is 0 Å². The third-order valence-corrected chi connectivity index (χ3v) is 7.45. The Balaban J connectivity index is 1.93. The third-order valence-electron chi connectivity index (χ3n) is 3.86. The monoisotopic (exact) mass is 412 g/mol. The highest BCUT2D eigenvalue weighted by molar-refractivity contribution is 7.98. The van der Waals surface area contributed by atoms with Gasteiger partial charge in [-0.1, -0.05) is 32.0 Å². The first-order valence-electron chi connectivity index (χ1n) is 8.30. The first kappa shape index (κ1) is 21.0. The minimum absolute atomic E-state index is 0.161. The van der Waals surface area contributed by atoms with E-state index in [2.05, 4.69) is 10.0 Å². The van der Waals surface area contributed by atoms with Gasteiger partial charge in [-0.05, 0) is 47.7 Å². The summed E-state index contributed by atoms with van der Waals surface area (Å²) in [5.74, 6) is -0.466. The Morgan fingerprint density at radius 1 is 1.19 bits per heavy atom. The predicted octanol–water partition coefficient (Wildman–Crippen LogP) is 3.13. The Kier molecular flexibility index (Phi) is 7.69. The average molecular weight is 413 g/mol. The van der Waals surface area contributed by atoms with E-state index in [0.717, 1.165) is 16.9 Å². The Bertz CT molecular complexity index is 801. The van der Waals surface area contributed by atoms with Gasteiger partial charge >= 0.3 is 0 Å². The number of rotatable bonds is 9. The minimum atomic E-state index is -3.69. The zero-order chi connectivity index (χ0) is 19.2. The molecule has 0 radical (unpaired) electrons. The van der Waals surface area contributed by atoms with Crippen molar-refractivity contribution in [3.8, 4) is 0 Å². The maximum atomic E-state index is 12.5. The summed E-state index contributed by atoms with van der Waals surface area (Å²) in [6.07, 6.45) is 2.72. The molecular weight excluding hydrogens is 388 g/mol. The van der Waals surface area contributed by atoms with Crippen molar-refractivity contribution in [2.45, 2.75) is 35.4 Å². The van der Waals surface area contributed by atoms with E-state index in [4.69, 9.17) is 0 Å². The topological polar surface area (TPSA) is 75.3 Å². The summed E-state index contributed by atoms with van der Waals surface area (Å²) in [6, 6.07) is 10.6. The van der Waals surface area contributed by atoms with E-state index in [0.29, 0.717) is 13.0 Å². The number of thiophene rings is 1. The first-order chi connectivity index (χ1) is 12.3. The van der Waals surface area contributed by atoms with E-state index < -0.39 is 16.1 Å². The van der Waals surface area contributed by atoms with E-state index in [1.54, 1.807) is 23.2 Å². The number of amides is 1. The highest BCUT2D eigenvalue weighted by Crippen LogP contribution is 2.17. The van der Waals surface area contributed by atoms with E-state index in [1.165, 1.54) is 11.0 Å². The van der Waals surface area contributed by atoms with E-state index in [1.807, 2.05) is 44.4 Å². The van der Waals surface area contributed by atoms with E-state index in [9.17, 15) is 13.2 Å². The summed E-state index contributed by atoms with van der Waals surface area (Å²) in [5.41, 5.74) is 1.13. The maximum absolute atomic E-state index is 12.5. The molecule has 1 amide bonds. The number of hydrogen-bond acceptors (Lipinski definition) is 5. The van der Waals surface area contributed by atoms with Crippen LogP contribution in [0.2, 0.25) is 0 Å². The lowest BCUT2D eigenvalue weighted by Gasteiger charge is -2.21. The number of sulfonamides is 1. The van der Waals surface area contributed by atoms with Crippen LogP contribution in [0, 0.1) is 5.92 Å². The molecule has 2 rings (SSSR count). The zero-order valence-electron chi connectivity index (χ0n) is 15.1. The van der Waals surface area contributed by atoms with Crippen molar-refractivity contribution >= 4 is 39.0 Å². The van der Waals surface area contributed by atoms with Crippen LogP contribution in [0.15, 0.2) is 50.9 Å². The molecule has 0 aliphatic rings. The molecule has 8 heteroatoms. The smallest absolute Gasteiger partial charge is 0.250 e. The van der Waals surface area contributed by atoms with Crippen LogP contribution < -0.4 is 10.0 Å². The molecule has 26 heavy (non-hydrogen) atoms. The van der Waals surface area contributed by atoms with Crippen molar-refractivity contribution in [2.24, 2.45) is 5.92 Å². The summed E-state index contributed by atoms with van der Waals surface area (Å²) < 4.78 is 27.5. The third kappa shape index (κ3) is 5.84. The quantitative estimate of drug-likeness (QED) is 0.621. The second kappa shape index (κ2) is 9.55. The van der Waals surface area contributed by atoms with Crippen molar-refractivity contribution < 1.29 is 13.2 Å². The van der Waals surface area contributed by atoms with Gasteiger partial charge in [0, 0.05) is 11.4 Å². The van der Waals surface area contributed by atoms with Gasteiger partial charge in [0.1, 0.15) is 10.3 Å². The van der Waals surface area contributed by atoms with E-state index in [-0.39, 0.29) is 16.0 Å². The number of nitrogens with one attached hydrogen (secondary N) is 2. The Morgan fingerprint density at radius 3 is 2.42 bits per heavy atom. The fourth-order valence-electron chi connectivity index (χ4n) is 2.37. The van der Waals surface area contributed by atoms with Crippen LogP contribution in [-0.4, -0.2) is 33.2 Å². The summed E-state index contributed by atoms with van der Waals surface area (Å²) >= 11 is 2.81. The minimum Gasteiger partial charge on any atom is -0.354 e. The summed E-state index contributed by atoms with van der Waals surface area (Å²) in [6.45, 7) is 4.10. The molecule has 1 atom stereocenters. The van der Waals surface area contributed by atoms with Gasteiger partial charge in [0.2, 0.25) is 5.91 Å². The molecule has 1 aromatic heterocycles. The molecule has 0 saturated heterocycles. The van der Waals surface area contributed by atoms with Gasteiger partial charge in [0.05, 0.1) is 0 Å². The van der Waals surface area contributed by atoms with Gasteiger partial charge in [-0.25, -0.2) is 8.42 Å². The lowest BCUT2D eigenvalue weighted by atomic mass is 10.0. The van der Waals surface area contributed by atoms with Crippen LogP contribution in [0.4, 0.5) is 0 Å². The molecule has 0 saturated carbocycles. The highest BCUT2D eigenvalue weighted by Gasteiger charge is 2.28. The van der Waals surface area contributed by atoms with Crippen molar-refractivity contribution in [1.29, 1.82) is 0 Å². The number of hydrogen-bond donors (Lipinski definition) is 2. The van der Waals surface area contributed by atoms with Gasteiger partial charge in [-0.2, -0.15) is 4.72 Å². The van der Waals surface area contributed by atoms with Crippen LogP contribution in [0.25, 0.3) is 0 Å². The second-order valence-corrected chi connectivity index (χ2v) is 9.93. The van der Waals surface area contributed by atoms with Gasteiger partial charge in [0.15, 0.2) is 0 Å². The first-order valence-corrected chi connectivity index (χ1v) is 11.9. The summed E-state index contributed by atoms with van der Waals surface area (Å²) in [7, 11) is -3.69. The Hall–Kier alpha value is -1.35. The maximum Gasteiger partial charge on any atom is 0.250 e. The van der Waals surface area contributed by atoms with Crippen molar-refractivity contribution in [2.75, 3.05) is 12.8 Å². The Morgan fingerprint density at radius 2 is 1.88 bits per heavy atom. The lowest BCUT2D eigenvalue weighted by molar-refractivity contribution is -0.123. The standard InChI is InChI=1S/C18H24N2O3S3/c1-13(2)17(20-26(22,23)16-5-4-12-25-16)18(21)19-11-10-14-6-8-15(24-3)9-7-14/h4-9,12-13,17,20H,10-11H2,1-3H3,(H,19,21)/t17-/m1/s1. The zero-order valence-corrected chi connectivity index (χ0v) is 17.5. The highest BCUT2D eigenvalue weighted by atomic mass is 32.2. The average Bonchev–Trinajstić information content (AvgIpc) is 3.15. The number of carbonyl (C=O) groups excluding carboxylic acids is 1. The molecule has 1 aromatic carbocycles. The predicted molar refractivity (Wildman–Crippen MR) is 108 cm³/mol. The SMILES string of the molecule is CSc1ccc(CCNC(=O)[C@H](NS(=O)(=O)c2cccs2)C(C)C)cc1. The van der Waals surface area contributed by atoms with Crippen LogP contribution in [-0.2, 0) is 21.2 Å². The largest absolute Gasteiger partial charge is 0.354 e. The van der Waals surface area contributed by atoms with Crippen LogP contribution in [0.5, 0.6) is 0 Å². The molecule has 0 aliphatic heterocycles. The van der Waals surface area contributed by atoms with Gasteiger partial charge in [0.25, 0.3) is 10.0 Å². The molecule has 0 fully saturated rings. The van der Waals surface area contributed by atoms with Crippen molar-refractivity contribution in [3.63, 3.8) is 0 Å². The molecule has 1 heterocycles. The molecule has 5 nitrogen and oxygen atoms in total. The fraction of sp³-hybridized carbons (Fsp3) is 0.389. The summed E-state index contributed by atoms with van der Waals surface area (Å²) in [5, 5.41) is 4.54. The molecular formula is C18H24N2O3S3. The number of benzene rings is 1. The van der Waals surface area contributed by atoms with Crippen LogP contribution >= 0.6 is 23.1 Å². The number of thioether (sulfide) groups is 1. The molecule has 0 aliphatic carbocycles. The normalized spacial score (nSPS) is 12.9. The molecule has 0 spiro atoms. The molecule has 2 N–H and O–H groups in total. The fourth-order valence-corrected chi connectivity index (χ4v) is 5.13. The van der Waals surface area contributed by atoms with Gasteiger partial charge in [-0.15, -0.1) is 23.1 Å². The number of carbonyl (C=O) groups is 1. The van der Waals surface area contributed by atoms with Gasteiger partial charge in [-0.3, -0.25) is 4.79 Å². The van der Waals surface area contributed by atoms with Crippen molar-refractivity contribution in [3.05, 3.63) is 47.3 Å². The molecule has 0 unspecified atom stereocenters. The summed E-state index contributed by atoms with van der Waals surface area (Å²) in [4.78, 5) is 13.7. The van der Waals surface area contributed by atoms with Crippen LogP contribution in [0.1, 0.15) is 19.4 Å². The lowest BCUT2D eigenvalue weighted by Crippen LogP contribution is -2.49. The van der Waals surface area contributed by atoms with Crippen LogP contribution in [0.3, 0.4) is 0 Å². The molecule has 0 bridgehead atoms. The molecule has 142 valence electrons.